The van der Waals surface area contributed by atoms with Crippen LogP contribution in [-0.2, 0) is 9.59 Å². The van der Waals surface area contributed by atoms with Crippen molar-refractivity contribution in [2.45, 2.75) is 38.6 Å². The van der Waals surface area contributed by atoms with E-state index in [4.69, 9.17) is 12.2 Å². The van der Waals surface area contributed by atoms with Gasteiger partial charge in [-0.2, -0.15) is 0 Å². The molecule has 1 unspecified atom stereocenters. The highest BCUT2D eigenvalue weighted by molar-refractivity contribution is 7.71. The number of carbonyl (C=O) groups excluding carboxylic acids is 2. The summed E-state index contributed by atoms with van der Waals surface area (Å²) in [5.74, 6) is 0.261. The minimum absolute atomic E-state index is 0.0687. The van der Waals surface area contributed by atoms with Crippen molar-refractivity contribution in [2.75, 3.05) is 11.9 Å². The number of aromatic nitrogens is 2. The number of nitrogens with zero attached hydrogens (tertiary/aromatic N) is 2. The van der Waals surface area contributed by atoms with E-state index in [2.05, 4.69) is 22.5 Å². The summed E-state index contributed by atoms with van der Waals surface area (Å²) in [7, 11) is 0. The quantitative estimate of drug-likeness (QED) is 0.624. The monoisotopic (exact) mass is 344 g/mol. The number of rotatable bonds is 6. The molecule has 3 rings (SSSR count). The molecule has 0 bridgehead atoms. The van der Waals surface area contributed by atoms with E-state index in [1.807, 2.05) is 24.3 Å². The smallest absolute Gasteiger partial charge is 0.249 e. The van der Waals surface area contributed by atoms with E-state index in [1.165, 1.54) is 0 Å². The summed E-state index contributed by atoms with van der Waals surface area (Å²) in [6, 6.07) is 6.85. The molecule has 0 radical (unpaired) electrons. The first-order chi connectivity index (χ1) is 11.6. The van der Waals surface area contributed by atoms with Crippen molar-refractivity contribution in [2.24, 2.45) is 0 Å². The van der Waals surface area contributed by atoms with Crippen molar-refractivity contribution in [3.8, 4) is 0 Å². The van der Waals surface area contributed by atoms with Crippen LogP contribution < -0.4 is 10.6 Å². The summed E-state index contributed by atoms with van der Waals surface area (Å²) in [4.78, 5) is 28.9. The summed E-state index contributed by atoms with van der Waals surface area (Å²) in [5.41, 5.74) is 0.735. The first-order valence-electron chi connectivity index (χ1n) is 8.20. The molecule has 7 heteroatoms. The van der Waals surface area contributed by atoms with Crippen molar-refractivity contribution in [3.63, 3.8) is 0 Å². The maximum absolute atomic E-state index is 12.4. The number of fused-ring (bicyclic) bond motifs is 3. The van der Waals surface area contributed by atoms with Crippen molar-refractivity contribution in [1.29, 1.82) is 0 Å². The number of unbranched alkanes of at least 4 members (excludes halogenated alkanes) is 2. The second-order valence-corrected chi connectivity index (χ2v) is 6.26. The number of amides is 2. The molecule has 0 fully saturated rings. The van der Waals surface area contributed by atoms with Crippen LogP contribution in [0.1, 0.15) is 38.6 Å². The van der Waals surface area contributed by atoms with Gasteiger partial charge in [-0.25, -0.2) is 4.98 Å². The molecule has 0 spiro atoms. The van der Waals surface area contributed by atoms with Crippen molar-refractivity contribution in [1.82, 2.24) is 14.9 Å². The number of carbonyl (C=O) groups is 2. The molecule has 24 heavy (non-hydrogen) atoms. The molecule has 0 saturated heterocycles. The number of hydrogen-bond donors (Lipinski definition) is 2. The lowest BCUT2D eigenvalue weighted by molar-refractivity contribution is -0.126. The molecule has 1 aliphatic heterocycles. The van der Waals surface area contributed by atoms with Crippen LogP contribution >= 0.6 is 12.2 Å². The van der Waals surface area contributed by atoms with Gasteiger partial charge in [-0.1, -0.05) is 31.9 Å². The number of anilines is 1. The fourth-order valence-corrected chi connectivity index (χ4v) is 3.24. The molecule has 0 aliphatic carbocycles. The Hall–Kier alpha value is -2.28. The molecular weight excluding hydrogens is 324 g/mol. The first kappa shape index (κ1) is 16.6. The van der Waals surface area contributed by atoms with Crippen LogP contribution in [0.3, 0.4) is 0 Å². The zero-order valence-electron chi connectivity index (χ0n) is 13.5. The molecule has 1 aromatic carbocycles. The minimum Gasteiger partial charge on any atom is -0.356 e. The standard InChI is InChI=1S/C17H20N4O2S/c1-2-3-6-9-18-14(22)10-13-16(23)20-15-11-7-4-5-8-12(11)19-17(24)21(13)15/h4-5,7-8,13H,2-3,6,9-10H2,1H3,(H,18,22)(H,20,23). The normalized spacial score (nSPS) is 16.0. The Morgan fingerprint density at radius 1 is 1.38 bits per heavy atom. The second kappa shape index (κ2) is 7.09. The van der Waals surface area contributed by atoms with Crippen molar-refractivity contribution in [3.05, 3.63) is 29.0 Å². The van der Waals surface area contributed by atoms with E-state index < -0.39 is 6.04 Å². The molecule has 126 valence electrons. The average Bonchev–Trinajstić information content (AvgIpc) is 2.89. The maximum atomic E-state index is 12.4. The molecule has 2 amide bonds. The third-order valence-corrected chi connectivity index (χ3v) is 4.45. The number of para-hydroxylation sites is 1. The average molecular weight is 344 g/mol. The predicted octanol–water partition coefficient (Wildman–Crippen LogP) is 2.96. The summed E-state index contributed by atoms with van der Waals surface area (Å²) in [5, 5.41) is 6.54. The van der Waals surface area contributed by atoms with Crippen LogP contribution in [0.15, 0.2) is 24.3 Å². The number of hydrogen-bond acceptors (Lipinski definition) is 4. The van der Waals surface area contributed by atoms with Crippen molar-refractivity contribution < 1.29 is 9.59 Å². The Morgan fingerprint density at radius 3 is 2.96 bits per heavy atom. The third kappa shape index (κ3) is 3.17. The van der Waals surface area contributed by atoms with E-state index in [-0.39, 0.29) is 18.2 Å². The van der Waals surface area contributed by atoms with Crippen molar-refractivity contribution >= 4 is 40.8 Å². The first-order valence-corrected chi connectivity index (χ1v) is 8.61. The topological polar surface area (TPSA) is 76.0 Å². The Balaban J connectivity index is 1.83. The lowest BCUT2D eigenvalue weighted by atomic mass is 10.2. The molecule has 0 saturated carbocycles. The van der Waals surface area contributed by atoms with E-state index in [0.717, 1.165) is 30.2 Å². The summed E-state index contributed by atoms with van der Waals surface area (Å²) in [6.45, 7) is 2.75. The van der Waals surface area contributed by atoms with Gasteiger partial charge in [0.1, 0.15) is 11.9 Å². The molecule has 2 N–H and O–H groups in total. The van der Waals surface area contributed by atoms with E-state index in [1.54, 1.807) is 4.57 Å². The molecule has 2 aromatic rings. The molecule has 1 atom stereocenters. The summed E-state index contributed by atoms with van der Waals surface area (Å²) < 4.78 is 1.97. The predicted molar refractivity (Wildman–Crippen MR) is 95.4 cm³/mol. The molecule has 1 aliphatic rings. The van der Waals surface area contributed by atoms with Gasteiger partial charge < -0.3 is 10.6 Å². The van der Waals surface area contributed by atoms with Crippen LogP contribution in [0.2, 0.25) is 0 Å². The molecule has 6 nitrogen and oxygen atoms in total. The third-order valence-electron chi connectivity index (χ3n) is 4.16. The summed E-state index contributed by atoms with van der Waals surface area (Å²) >= 11 is 5.34. The fraction of sp³-hybridized carbons (Fsp3) is 0.412. The highest BCUT2D eigenvalue weighted by Gasteiger charge is 2.33. The lowest BCUT2D eigenvalue weighted by Gasteiger charge is -2.13. The Labute approximate surface area is 145 Å². The molecule has 2 heterocycles. The largest absolute Gasteiger partial charge is 0.356 e. The second-order valence-electron chi connectivity index (χ2n) is 5.90. The van der Waals surface area contributed by atoms with Crippen LogP contribution in [0.5, 0.6) is 0 Å². The SMILES string of the molecule is CCCCCNC(=O)CC1C(=O)Nc2c3ccccc3nc(=S)n21. The highest BCUT2D eigenvalue weighted by atomic mass is 32.1. The molecule has 1 aromatic heterocycles. The minimum atomic E-state index is -0.643. The van der Waals surface area contributed by atoms with Crippen LogP contribution in [-0.4, -0.2) is 27.9 Å². The zero-order valence-corrected chi connectivity index (χ0v) is 14.4. The van der Waals surface area contributed by atoms with Gasteiger partial charge in [0, 0.05) is 11.9 Å². The number of benzene rings is 1. The van der Waals surface area contributed by atoms with Gasteiger partial charge in [-0.15, -0.1) is 0 Å². The molecular formula is C17H20N4O2S. The lowest BCUT2D eigenvalue weighted by Crippen LogP contribution is -2.29. The van der Waals surface area contributed by atoms with Crippen LogP contribution in [0, 0.1) is 4.77 Å². The maximum Gasteiger partial charge on any atom is 0.249 e. The van der Waals surface area contributed by atoms with E-state index in [9.17, 15) is 9.59 Å². The van der Waals surface area contributed by atoms with Crippen LogP contribution in [0.25, 0.3) is 10.9 Å². The van der Waals surface area contributed by atoms with Gasteiger partial charge in [0.25, 0.3) is 0 Å². The fourth-order valence-electron chi connectivity index (χ4n) is 2.92. The van der Waals surface area contributed by atoms with E-state index in [0.29, 0.717) is 17.1 Å². The Bertz CT molecular complexity index is 846. The Kier molecular flexibility index (Phi) is 4.89. The van der Waals surface area contributed by atoms with Gasteiger partial charge in [0.2, 0.25) is 16.6 Å². The van der Waals surface area contributed by atoms with Gasteiger partial charge in [0.05, 0.1) is 11.9 Å². The highest BCUT2D eigenvalue weighted by Crippen LogP contribution is 2.32. The zero-order chi connectivity index (χ0) is 17.1. The van der Waals surface area contributed by atoms with Crippen LogP contribution in [0.4, 0.5) is 5.82 Å². The summed E-state index contributed by atoms with van der Waals surface area (Å²) in [6.07, 6.45) is 3.19. The van der Waals surface area contributed by atoms with Gasteiger partial charge in [-0.3, -0.25) is 14.2 Å². The number of nitrogens with one attached hydrogen (secondary N) is 2. The van der Waals surface area contributed by atoms with Gasteiger partial charge in [-0.05, 0) is 30.8 Å². The Morgan fingerprint density at radius 2 is 2.17 bits per heavy atom. The van der Waals surface area contributed by atoms with Gasteiger partial charge in [0.15, 0.2) is 0 Å². The van der Waals surface area contributed by atoms with Gasteiger partial charge >= 0.3 is 0 Å². The van der Waals surface area contributed by atoms with E-state index >= 15 is 0 Å².